The fraction of sp³-hybridized carbons (Fsp3) is 0.333. The van der Waals surface area contributed by atoms with Crippen LogP contribution in [0.3, 0.4) is 0 Å². The van der Waals surface area contributed by atoms with E-state index in [0.29, 0.717) is 28.5 Å². The van der Waals surface area contributed by atoms with Gasteiger partial charge in [-0.1, -0.05) is 24.3 Å². The molecule has 1 atom stereocenters. The summed E-state index contributed by atoms with van der Waals surface area (Å²) in [4.78, 5) is 0. The first-order valence-corrected chi connectivity index (χ1v) is 10.7. The van der Waals surface area contributed by atoms with Gasteiger partial charge in [-0.3, -0.25) is 0 Å². The van der Waals surface area contributed by atoms with Gasteiger partial charge >= 0.3 is 15.5 Å². The molecule has 1 aliphatic rings. The zero-order valence-electron chi connectivity index (χ0n) is 13.6. The Labute approximate surface area is 153 Å². The van der Waals surface area contributed by atoms with Crippen LogP contribution in [0.25, 0.3) is 10.8 Å². The lowest BCUT2D eigenvalue weighted by Gasteiger charge is -2.11. The number of benzene rings is 2. The third-order valence-electron chi connectivity index (χ3n) is 3.61. The van der Waals surface area contributed by atoms with Crippen molar-refractivity contribution in [3.63, 3.8) is 0 Å². The Balaban J connectivity index is 1.75. The summed E-state index contributed by atoms with van der Waals surface area (Å²) in [5.74, 6) is -0.327. The van der Waals surface area contributed by atoms with Crippen LogP contribution in [-0.2, 0) is 30.5 Å². The van der Waals surface area contributed by atoms with Gasteiger partial charge in [0.2, 0.25) is 10.0 Å². The molecule has 7 nitrogen and oxygen atoms in total. The Hall–Kier alpha value is -1.89. The SMILES string of the molecule is O=S(=O)(Cc1ccc2cc(OCC3CO3)ccc2c1)NS(=O)(=O)C(F)(F)F. The molecule has 3 rings (SSSR count). The third kappa shape index (κ3) is 5.09. The molecular formula is C15H14F3NO6S2. The number of fused-ring (bicyclic) bond motifs is 1. The molecule has 0 radical (unpaired) electrons. The standard InChI is InChI=1S/C15H14F3NO6S2/c16-15(17,18)27(22,23)19-26(20,21)9-10-1-2-12-6-13(4-3-11(12)5-10)24-7-14-8-25-14/h1-6,14,19H,7-9H2. The highest BCUT2D eigenvalue weighted by molar-refractivity contribution is 8.04. The van der Waals surface area contributed by atoms with Crippen LogP contribution in [0.5, 0.6) is 5.75 Å². The molecule has 0 bridgehead atoms. The van der Waals surface area contributed by atoms with E-state index in [1.54, 1.807) is 24.3 Å². The molecule has 0 aromatic heterocycles. The summed E-state index contributed by atoms with van der Waals surface area (Å²) < 4.78 is 93.8. The van der Waals surface area contributed by atoms with Gasteiger partial charge in [0, 0.05) is 0 Å². The normalized spacial score (nSPS) is 17.8. The highest BCUT2D eigenvalue weighted by Crippen LogP contribution is 2.25. The summed E-state index contributed by atoms with van der Waals surface area (Å²) in [6.07, 6.45) is 0.0914. The minimum Gasteiger partial charge on any atom is -0.491 e. The maximum absolute atomic E-state index is 12.3. The smallest absolute Gasteiger partial charge is 0.491 e. The molecule has 1 heterocycles. The first-order chi connectivity index (χ1) is 12.5. The number of halogens is 3. The second-order valence-corrected chi connectivity index (χ2v) is 9.56. The second kappa shape index (κ2) is 6.93. The van der Waals surface area contributed by atoms with Crippen molar-refractivity contribution in [2.45, 2.75) is 17.4 Å². The largest absolute Gasteiger partial charge is 0.512 e. The Bertz CT molecular complexity index is 1060. The molecule has 2 aromatic rings. The second-order valence-electron chi connectivity index (χ2n) is 5.90. The fourth-order valence-corrected chi connectivity index (χ4v) is 4.84. The summed E-state index contributed by atoms with van der Waals surface area (Å²) in [5.41, 5.74) is -5.59. The maximum atomic E-state index is 12.3. The van der Waals surface area contributed by atoms with Crippen molar-refractivity contribution in [1.82, 2.24) is 4.13 Å². The lowest BCUT2D eigenvalue weighted by Crippen LogP contribution is -2.40. The van der Waals surface area contributed by atoms with Gasteiger partial charge in [0.05, 0.1) is 12.4 Å². The number of epoxide rings is 1. The van der Waals surface area contributed by atoms with Crippen LogP contribution in [0.4, 0.5) is 13.2 Å². The topological polar surface area (TPSA) is 102 Å². The number of alkyl halides is 3. The van der Waals surface area contributed by atoms with E-state index in [1.807, 2.05) is 0 Å². The van der Waals surface area contributed by atoms with Crippen molar-refractivity contribution in [3.8, 4) is 5.75 Å². The van der Waals surface area contributed by atoms with Gasteiger partial charge in [0.25, 0.3) is 0 Å². The van der Waals surface area contributed by atoms with E-state index >= 15 is 0 Å². The number of nitrogens with one attached hydrogen (secondary N) is 1. The molecule has 1 saturated heterocycles. The number of rotatable bonds is 7. The average molecular weight is 425 g/mol. The number of ether oxygens (including phenoxy) is 2. The van der Waals surface area contributed by atoms with E-state index in [2.05, 4.69) is 0 Å². The number of hydrogen-bond acceptors (Lipinski definition) is 6. The van der Waals surface area contributed by atoms with Crippen LogP contribution in [0.2, 0.25) is 0 Å². The van der Waals surface area contributed by atoms with Crippen LogP contribution in [0.15, 0.2) is 36.4 Å². The molecule has 1 fully saturated rings. The highest BCUT2D eigenvalue weighted by Gasteiger charge is 2.48. The van der Waals surface area contributed by atoms with E-state index in [1.165, 1.54) is 12.1 Å². The molecule has 0 amide bonds. The van der Waals surface area contributed by atoms with Gasteiger partial charge < -0.3 is 9.47 Å². The van der Waals surface area contributed by atoms with Gasteiger partial charge in [0.15, 0.2) is 0 Å². The summed E-state index contributed by atoms with van der Waals surface area (Å²) in [6, 6.07) is 9.45. The van der Waals surface area contributed by atoms with Gasteiger partial charge in [-0.2, -0.15) is 13.2 Å². The minimum absolute atomic E-state index is 0.0914. The molecule has 1 N–H and O–H groups in total. The van der Waals surface area contributed by atoms with E-state index in [-0.39, 0.29) is 11.7 Å². The molecule has 0 saturated carbocycles. The third-order valence-corrected chi connectivity index (χ3v) is 6.83. The quantitative estimate of drug-likeness (QED) is 0.680. The first kappa shape index (κ1) is 19.9. The number of hydrogen-bond donors (Lipinski definition) is 1. The van der Waals surface area contributed by atoms with E-state index < -0.39 is 31.3 Å². The summed E-state index contributed by atoms with van der Waals surface area (Å²) in [6.45, 7) is 1.07. The van der Waals surface area contributed by atoms with Crippen molar-refractivity contribution in [1.29, 1.82) is 0 Å². The van der Waals surface area contributed by atoms with Crippen molar-refractivity contribution < 1.29 is 39.5 Å². The monoisotopic (exact) mass is 425 g/mol. The van der Waals surface area contributed by atoms with Crippen LogP contribution < -0.4 is 8.86 Å². The Kier molecular flexibility index (Phi) is 5.10. The zero-order chi connectivity index (χ0) is 19.9. The molecule has 0 aliphatic carbocycles. The van der Waals surface area contributed by atoms with E-state index in [9.17, 15) is 30.0 Å². The van der Waals surface area contributed by atoms with Crippen LogP contribution in [0, 0.1) is 0 Å². The maximum Gasteiger partial charge on any atom is 0.512 e. The van der Waals surface area contributed by atoms with Crippen molar-refractivity contribution in [3.05, 3.63) is 42.0 Å². The molecular weight excluding hydrogens is 411 g/mol. The van der Waals surface area contributed by atoms with Gasteiger partial charge in [-0.15, -0.1) is 4.13 Å². The van der Waals surface area contributed by atoms with Crippen LogP contribution in [-0.4, -0.2) is 41.7 Å². The van der Waals surface area contributed by atoms with E-state index in [0.717, 1.165) is 5.39 Å². The molecule has 12 heteroatoms. The molecule has 27 heavy (non-hydrogen) atoms. The molecule has 0 spiro atoms. The van der Waals surface area contributed by atoms with Crippen LogP contribution in [0.1, 0.15) is 5.56 Å². The molecule has 1 unspecified atom stereocenters. The van der Waals surface area contributed by atoms with Crippen molar-refractivity contribution in [2.75, 3.05) is 13.2 Å². The predicted molar refractivity (Wildman–Crippen MR) is 89.9 cm³/mol. The van der Waals surface area contributed by atoms with Crippen LogP contribution >= 0.6 is 0 Å². The van der Waals surface area contributed by atoms with Crippen molar-refractivity contribution >= 4 is 30.8 Å². The number of sulfonamides is 2. The van der Waals surface area contributed by atoms with Gasteiger partial charge in [-0.05, 0) is 28.5 Å². The first-order valence-electron chi connectivity index (χ1n) is 7.55. The van der Waals surface area contributed by atoms with E-state index in [4.69, 9.17) is 9.47 Å². The Morgan fingerprint density at radius 3 is 2.33 bits per heavy atom. The fourth-order valence-electron chi connectivity index (χ4n) is 2.27. The highest BCUT2D eigenvalue weighted by atomic mass is 32.3. The zero-order valence-corrected chi connectivity index (χ0v) is 15.2. The minimum atomic E-state index is -6.00. The summed E-state index contributed by atoms with van der Waals surface area (Å²) in [7, 11) is -10.8. The predicted octanol–water partition coefficient (Wildman–Crippen LogP) is 1.89. The average Bonchev–Trinajstić information content (AvgIpc) is 3.34. The van der Waals surface area contributed by atoms with Gasteiger partial charge in [-0.25, -0.2) is 16.8 Å². The molecule has 148 valence electrons. The summed E-state index contributed by atoms with van der Waals surface area (Å²) >= 11 is 0. The van der Waals surface area contributed by atoms with Crippen molar-refractivity contribution in [2.24, 2.45) is 0 Å². The lowest BCUT2D eigenvalue weighted by atomic mass is 10.1. The molecule has 2 aromatic carbocycles. The Morgan fingerprint density at radius 1 is 1.07 bits per heavy atom. The van der Waals surface area contributed by atoms with Gasteiger partial charge in [0.1, 0.15) is 18.5 Å². The lowest BCUT2D eigenvalue weighted by molar-refractivity contribution is -0.0441. The molecule has 1 aliphatic heterocycles. The Morgan fingerprint density at radius 2 is 1.70 bits per heavy atom. The summed E-state index contributed by atoms with van der Waals surface area (Å²) in [5, 5.41) is 1.35.